The summed E-state index contributed by atoms with van der Waals surface area (Å²) < 4.78 is 22.6. The van der Waals surface area contributed by atoms with Crippen molar-refractivity contribution >= 4 is 16.9 Å². The number of carbonyl (C=O) groups is 1. The third kappa shape index (κ3) is 4.96. The van der Waals surface area contributed by atoms with Crippen LogP contribution in [0.5, 0.6) is 17.2 Å². The minimum Gasteiger partial charge on any atom is -0.493 e. The van der Waals surface area contributed by atoms with Crippen LogP contribution in [0, 0.1) is 5.41 Å². The van der Waals surface area contributed by atoms with Crippen molar-refractivity contribution in [2.45, 2.75) is 45.3 Å². The van der Waals surface area contributed by atoms with E-state index in [1.807, 2.05) is 30.3 Å². The Morgan fingerprint density at radius 1 is 1.03 bits per heavy atom. The molecule has 4 aromatic rings. The summed E-state index contributed by atoms with van der Waals surface area (Å²) in [5.74, 6) is 1.63. The van der Waals surface area contributed by atoms with Gasteiger partial charge < -0.3 is 23.9 Å². The van der Waals surface area contributed by atoms with Crippen LogP contribution in [0.15, 0.2) is 54.9 Å². The number of nitrogens with zero attached hydrogens (tertiary/aromatic N) is 2. The van der Waals surface area contributed by atoms with Crippen molar-refractivity contribution in [2.24, 2.45) is 5.41 Å². The van der Waals surface area contributed by atoms with Crippen LogP contribution in [-0.2, 0) is 11.3 Å². The lowest BCUT2D eigenvalue weighted by atomic mass is 9.70. The lowest BCUT2D eigenvalue weighted by molar-refractivity contribution is -0.00557. The molecule has 8 heteroatoms. The minimum atomic E-state index is -0.480. The lowest BCUT2D eigenvalue weighted by Crippen LogP contribution is -2.35. The summed E-state index contributed by atoms with van der Waals surface area (Å²) in [6, 6.07) is 13.8. The fourth-order valence-electron chi connectivity index (χ4n) is 5.17. The van der Waals surface area contributed by atoms with E-state index >= 15 is 0 Å². The van der Waals surface area contributed by atoms with Crippen LogP contribution >= 0.6 is 0 Å². The highest BCUT2D eigenvalue weighted by Gasteiger charge is 2.39. The zero-order valence-corrected chi connectivity index (χ0v) is 22.2. The van der Waals surface area contributed by atoms with E-state index in [1.54, 1.807) is 33.7 Å². The number of nitrogens with one attached hydrogen (secondary N) is 1. The van der Waals surface area contributed by atoms with Crippen molar-refractivity contribution < 1.29 is 23.7 Å². The second-order valence-corrected chi connectivity index (χ2v) is 9.95. The molecule has 198 valence electrons. The van der Waals surface area contributed by atoms with E-state index < -0.39 is 5.41 Å². The van der Waals surface area contributed by atoms with E-state index in [-0.39, 0.29) is 11.9 Å². The highest BCUT2D eigenvalue weighted by Crippen LogP contribution is 2.42. The molecule has 0 atom stereocenters. The smallest absolute Gasteiger partial charge is 0.203 e. The van der Waals surface area contributed by atoms with Gasteiger partial charge in [-0.3, -0.25) is 4.79 Å². The fraction of sp³-hybridized carbons (Fsp3) is 0.367. The molecule has 5 rings (SSSR count). The van der Waals surface area contributed by atoms with Gasteiger partial charge in [0.2, 0.25) is 5.75 Å². The number of Topliss-reactive ketones (excluding diaryl/α,β-unsaturated/α-hetero) is 1. The van der Waals surface area contributed by atoms with E-state index in [4.69, 9.17) is 23.9 Å². The van der Waals surface area contributed by atoms with E-state index in [0.29, 0.717) is 46.3 Å². The Bertz CT molecular complexity index is 1400. The van der Waals surface area contributed by atoms with E-state index in [1.165, 1.54) is 0 Å². The van der Waals surface area contributed by atoms with Crippen LogP contribution in [0.1, 0.15) is 48.5 Å². The molecule has 1 fully saturated rings. The predicted octanol–water partition coefficient (Wildman–Crippen LogP) is 6.00. The average molecular weight is 516 g/mol. The number of hydrogen-bond donors (Lipinski definition) is 1. The predicted molar refractivity (Wildman–Crippen MR) is 145 cm³/mol. The van der Waals surface area contributed by atoms with Gasteiger partial charge in [-0.1, -0.05) is 37.3 Å². The Kier molecular flexibility index (Phi) is 7.33. The van der Waals surface area contributed by atoms with E-state index in [2.05, 4.69) is 29.0 Å². The first-order chi connectivity index (χ1) is 18.5. The average Bonchev–Trinajstić information content (AvgIpc) is 3.39. The number of H-pyrrole nitrogens is 1. The van der Waals surface area contributed by atoms with Gasteiger partial charge in [0.15, 0.2) is 22.9 Å². The van der Waals surface area contributed by atoms with Crippen molar-refractivity contribution in [1.29, 1.82) is 0 Å². The highest BCUT2D eigenvalue weighted by molar-refractivity contribution is 6.08. The van der Waals surface area contributed by atoms with Gasteiger partial charge in [0.05, 0.1) is 51.5 Å². The van der Waals surface area contributed by atoms with Gasteiger partial charge in [0.1, 0.15) is 5.52 Å². The first-order valence-electron chi connectivity index (χ1n) is 12.8. The summed E-state index contributed by atoms with van der Waals surface area (Å²) in [5.41, 5.74) is 3.74. The third-order valence-electron chi connectivity index (χ3n) is 7.50. The molecule has 38 heavy (non-hydrogen) atoms. The van der Waals surface area contributed by atoms with Crippen LogP contribution in [0.4, 0.5) is 0 Å². The molecule has 1 aliphatic rings. The van der Waals surface area contributed by atoms with Gasteiger partial charge in [-0.05, 0) is 43.4 Å². The quantitative estimate of drug-likeness (QED) is 0.273. The first-order valence-corrected chi connectivity index (χ1v) is 12.8. The summed E-state index contributed by atoms with van der Waals surface area (Å²) in [5, 5.41) is 0. The van der Waals surface area contributed by atoms with Gasteiger partial charge in [-0.25, -0.2) is 9.97 Å². The maximum atomic E-state index is 13.8. The summed E-state index contributed by atoms with van der Waals surface area (Å²) in [4.78, 5) is 26.3. The van der Waals surface area contributed by atoms with Gasteiger partial charge in [0, 0.05) is 17.2 Å². The monoisotopic (exact) mass is 515 g/mol. The second-order valence-electron chi connectivity index (χ2n) is 9.95. The Morgan fingerprint density at radius 2 is 1.71 bits per heavy atom. The molecule has 2 aromatic heterocycles. The number of aromatic nitrogens is 3. The molecule has 0 bridgehead atoms. The van der Waals surface area contributed by atoms with Gasteiger partial charge in [-0.15, -0.1) is 0 Å². The molecule has 0 spiro atoms. The Morgan fingerprint density at radius 3 is 2.34 bits per heavy atom. The van der Waals surface area contributed by atoms with Crippen LogP contribution in [-0.4, -0.2) is 48.2 Å². The Hall–Kier alpha value is -3.91. The topological polar surface area (TPSA) is 95.6 Å². The minimum absolute atomic E-state index is 0.0848. The SMILES string of the molecule is COc1cc(-c2cnc3[nH]cc(C(=O)C4(C)CCC(OCc5ccccc5)CC4)c3n2)cc(OC)c1OC. The van der Waals surface area contributed by atoms with E-state index in [9.17, 15) is 4.79 Å². The number of carbonyl (C=O) groups excluding carboxylic acids is 1. The molecule has 1 aliphatic carbocycles. The normalized spacial score (nSPS) is 19.3. The molecule has 8 nitrogen and oxygen atoms in total. The number of ketones is 1. The van der Waals surface area contributed by atoms with E-state index in [0.717, 1.165) is 36.8 Å². The number of hydrogen-bond acceptors (Lipinski definition) is 7. The van der Waals surface area contributed by atoms with Crippen LogP contribution in [0.2, 0.25) is 0 Å². The highest BCUT2D eigenvalue weighted by atomic mass is 16.5. The maximum absolute atomic E-state index is 13.8. The molecule has 0 saturated heterocycles. The number of aromatic amines is 1. The standard InChI is InChI=1S/C30H33N3O5/c1-30(12-10-21(11-13-30)38-18-19-8-6-5-7-9-19)28(34)22-16-31-29-26(22)33-23(17-32-29)20-14-24(35-2)27(37-4)25(15-20)36-3/h5-9,14-17,21H,10-13,18H2,1-4H3,(H,31,32). The zero-order chi connectivity index (χ0) is 26.7. The van der Waals surface area contributed by atoms with Crippen LogP contribution in [0.3, 0.4) is 0 Å². The molecule has 2 aromatic carbocycles. The van der Waals surface area contributed by atoms with Crippen molar-refractivity contribution in [2.75, 3.05) is 21.3 Å². The third-order valence-corrected chi connectivity index (χ3v) is 7.50. The number of rotatable bonds is 9. The lowest BCUT2D eigenvalue weighted by Gasteiger charge is -2.36. The van der Waals surface area contributed by atoms with Gasteiger partial charge >= 0.3 is 0 Å². The summed E-state index contributed by atoms with van der Waals surface area (Å²) in [6.07, 6.45) is 6.78. The molecule has 0 radical (unpaired) electrons. The zero-order valence-electron chi connectivity index (χ0n) is 22.2. The Labute approximate surface area is 222 Å². The molecule has 1 saturated carbocycles. The van der Waals surface area contributed by atoms with Crippen molar-refractivity contribution in [3.8, 4) is 28.5 Å². The van der Waals surface area contributed by atoms with Crippen molar-refractivity contribution in [1.82, 2.24) is 15.0 Å². The molecular weight excluding hydrogens is 482 g/mol. The van der Waals surface area contributed by atoms with Crippen LogP contribution < -0.4 is 14.2 Å². The second kappa shape index (κ2) is 10.8. The Balaban J connectivity index is 1.36. The fourth-order valence-corrected chi connectivity index (χ4v) is 5.17. The van der Waals surface area contributed by atoms with Crippen LogP contribution in [0.25, 0.3) is 22.4 Å². The number of fused-ring (bicyclic) bond motifs is 1. The van der Waals surface area contributed by atoms with Gasteiger partial charge in [0.25, 0.3) is 0 Å². The summed E-state index contributed by atoms with van der Waals surface area (Å²) in [7, 11) is 4.70. The molecule has 2 heterocycles. The number of benzene rings is 2. The summed E-state index contributed by atoms with van der Waals surface area (Å²) >= 11 is 0. The molecule has 0 aliphatic heterocycles. The first kappa shape index (κ1) is 25.7. The van der Waals surface area contributed by atoms with Crippen molar-refractivity contribution in [3.05, 3.63) is 66.0 Å². The molecule has 0 unspecified atom stereocenters. The molecule has 0 amide bonds. The largest absolute Gasteiger partial charge is 0.493 e. The van der Waals surface area contributed by atoms with Crippen molar-refractivity contribution in [3.63, 3.8) is 0 Å². The van der Waals surface area contributed by atoms with Gasteiger partial charge in [-0.2, -0.15) is 0 Å². The maximum Gasteiger partial charge on any atom is 0.203 e. The number of ether oxygens (including phenoxy) is 4. The summed E-state index contributed by atoms with van der Waals surface area (Å²) in [6.45, 7) is 2.65. The molecule has 1 N–H and O–H groups in total. The number of methoxy groups -OCH3 is 3. The molecular formula is C30H33N3O5.